The molecule has 7 heteroatoms. The smallest absolute Gasteiger partial charge is 0.326 e. The number of nitrogens with one attached hydrogen (secondary N) is 1. The van der Waals surface area contributed by atoms with Gasteiger partial charge < -0.3 is 21.1 Å². The molecule has 0 radical (unpaired) electrons. The summed E-state index contributed by atoms with van der Waals surface area (Å²) < 4.78 is 0. The number of carbonyl (C=O) groups excluding carboxylic acids is 2. The Hall–Kier alpha value is -1.79. The Morgan fingerprint density at radius 3 is 2.63 bits per heavy atom. The van der Waals surface area contributed by atoms with E-state index >= 15 is 0 Å². The second-order valence-corrected chi connectivity index (χ2v) is 4.85. The average Bonchev–Trinajstić information content (AvgIpc) is 2.82. The minimum atomic E-state index is -1.15. The van der Waals surface area contributed by atoms with Crippen LogP contribution in [0.15, 0.2) is 0 Å². The summed E-state index contributed by atoms with van der Waals surface area (Å²) in [5, 5.41) is 11.4. The Morgan fingerprint density at radius 2 is 2.16 bits per heavy atom. The first kappa shape index (κ1) is 15.3. The van der Waals surface area contributed by atoms with Crippen LogP contribution >= 0.6 is 0 Å². The molecule has 1 rings (SSSR count). The minimum Gasteiger partial charge on any atom is -0.480 e. The summed E-state index contributed by atoms with van der Waals surface area (Å²) in [6.07, 6.45) is 1.91. The second-order valence-electron chi connectivity index (χ2n) is 4.85. The summed E-state index contributed by atoms with van der Waals surface area (Å²) >= 11 is 0. The Morgan fingerprint density at radius 1 is 1.47 bits per heavy atom. The molecule has 4 N–H and O–H groups in total. The number of nitrogens with two attached hydrogens (primary N) is 1. The number of amides is 3. The molecule has 108 valence electrons. The molecule has 1 saturated heterocycles. The summed E-state index contributed by atoms with van der Waals surface area (Å²) in [7, 11) is 0. The van der Waals surface area contributed by atoms with Gasteiger partial charge in [-0.25, -0.2) is 9.59 Å². The number of rotatable bonds is 6. The molecule has 0 aliphatic carbocycles. The topological polar surface area (TPSA) is 113 Å². The number of carbonyl (C=O) groups is 3. The molecule has 1 aliphatic rings. The number of primary amides is 1. The van der Waals surface area contributed by atoms with Crippen molar-refractivity contribution in [3.8, 4) is 0 Å². The van der Waals surface area contributed by atoms with Gasteiger partial charge in [0.1, 0.15) is 6.04 Å². The van der Waals surface area contributed by atoms with Crippen LogP contribution in [0.2, 0.25) is 0 Å². The van der Waals surface area contributed by atoms with Gasteiger partial charge in [-0.1, -0.05) is 13.3 Å². The van der Waals surface area contributed by atoms with E-state index in [2.05, 4.69) is 12.2 Å². The molecule has 19 heavy (non-hydrogen) atoms. The SMILES string of the molecule is CCC1CCN(C(=O)N[C@H](CCC(N)=O)C(=O)O)C1. The van der Waals surface area contributed by atoms with Crippen molar-refractivity contribution in [2.75, 3.05) is 13.1 Å². The maximum atomic E-state index is 11.9. The van der Waals surface area contributed by atoms with Crippen LogP contribution in [0.3, 0.4) is 0 Å². The maximum Gasteiger partial charge on any atom is 0.326 e. The van der Waals surface area contributed by atoms with E-state index in [1.54, 1.807) is 4.90 Å². The van der Waals surface area contributed by atoms with Crippen molar-refractivity contribution in [3.05, 3.63) is 0 Å². The quantitative estimate of drug-likeness (QED) is 0.638. The molecule has 0 bridgehead atoms. The Balaban J connectivity index is 2.47. The van der Waals surface area contributed by atoms with Gasteiger partial charge in [-0.3, -0.25) is 4.79 Å². The van der Waals surface area contributed by atoms with E-state index in [-0.39, 0.29) is 18.9 Å². The predicted molar refractivity (Wildman–Crippen MR) is 68.4 cm³/mol. The molecule has 1 aliphatic heterocycles. The van der Waals surface area contributed by atoms with Crippen molar-refractivity contribution in [3.63, 3.8) is 0 Å². The monoisotopic (exact) mass is 271 g/mol. The lowest BCUT2D eigenvalue weighted by Crippen LogP contribution is -2.47. The fourth-order valence-electron chi connectivity index (χ4n) is 2.13. The zero-order valence-corrected chi connectivity index (χ0v) is 11.1. The summed E-state index contributed by atoms with van der Waals surface area (Å²) in [6, 6.07) is -1.45. The van der Waals surface area contributed by atoms with Crippen LogP contribution in [-0.2, 0) is 9.59 Å². The third-order valence-electron chi connectivity index (χ3n) is 3.43. The zero-order chi connectivity index (χ0) is 14.4. The summed E-state index contributed by atoms with van der Waals surface area (Å²) in [4.78, 5) is 35.2. The van der Waals surface area contributed by atoms with E-state index in [0.717, 1.165) is 12.8 Å². The number of carboxylic acids is 1. The predicted octanol–water partition coefficient (Wildman–Crippen LogP) is 0.147. The normalized spacial score (nSPS) is 20.1. The van der Waals surface area contributed by atoms with E-state index in [9.17, 15) is 14.4 Å². The molecule has 0 aromatic rings. The minimum absolute atomic E-state index is 0.0153. The first-order valence-electron chi connectivity index (χ1n) is 6.50. The molecule has 0 spiro atoms. The van der Waals surface area contributed by atoms with Gasteiger partial charge in [0, 0.05) is 19.5 Å². The number of hydrogen-bond donors (Lipinski definition) is 3. The molecule has 0 saturated carbocycles. The van der Waals surface area contributed by atoms with Crippen LogP contribution in [0.4, 0.5) is 4.79 Å². The van der Waals surface area contributed by atoms with Gasteiger partial charge >= 0.3 is 12.0 Å². The fourth-order valence-corrected chi connectivity index (χ4v) is 2.13. The van der Waals surface area contributed by atoms with Crippen molar-refractivity contribution in [2.45, 2.75) is 38.6 Å². The molecule has 0 aromatic carbocycles. The first-order chi connectivity index (χ1) is 8.93. The molecule has 3 amide bonds. The van der Waals surface area contributed by atoms with Gasteiger partial charge in [0.2, 0.25) is 5.91 Å². The Labute approximate surface area is 112 Å². The number of nitrogens with zero attached hydrogens (tertiary/aromatic N) is 1. The van der Waals surface area contributed by atoms with Gasteiger partial charge in [-0.15, -0.1) is 0 Å². The third kappa shape index (κ3) is 4.76. The van der Waals surface area contributed by atoms with Crippen LogP contribution in [0.25, 0.3) is 0 Å². The molecular weight excluding hydrogens is 250 g/mol. The van der Waals surface area contributed by atoms with E-state index in [4.69, 9.17) is 10.8 Å². The molecule has 1 unspecified atom stereocenters. The van der Waals surface area contributed by atoms with Gasteiger partial charge in [0.25, 0.3) is 0 Å². The van der Waals surface area contributed by atoms with Crippen LogP contribution in [0, 0.1) is 5.92 Å². The third-order valence-corrected chi connectivity index (χ3v) is 3.43. The molecule has 1 heterocycles. The summed E-state index contributed by atoms with van der Waals surface area (Å²) in [6.45, 7) is 3.37. The van der Waals surface area contributed by atoms with Crippen molar-refractivity contribution in [1.29, 1.82) is 0 Å². The largest absolute Gasteiger partial charge is 0.480 e. The average molecular weight is 271 g/mol. The van der Waals surface area contributed by atoms with Crippen LogP contribution in [0.1, 0.15) is 32.6 Å². The van der Waals surface area contributed by atoms with Crippen LogP contribution < -0.4 is 11.1 Å². The maximum absolute atomic E-state index is 11.9. The lowest BCUT2D eigenvalue weighted by molar-refractivity contribution is -0.139. The number of urea groups is 1. The van der Waals surface area contributed by atoms with Crippen molar-refractivity contribution in [1.82, 2.24) is 10.2 Å². The molecule has 7 nitrogen and oxygen atoms in total. The highest BCUT2D eigenvalue weighted by atomic mass is 16.4. The first-order valence-corrected chi connectivity index (χ1v) is 6.50. The van der Waals surface area contributed by atoms with E-state index in [1.165, 1.54) is 0 Å². The fraction of sp³-hybridized carbons (Fsp3) is 0.750. The highest BCUT2D eigenvalue weighted by molar-refractivity contribution is 5.83. The van der Waals surface area contributed by atoms with Gasteiger partial charge in [-0.05, 0) is 18.8 Å². The number of carboxylic acid groups (broad SMARTS) is 1. The number of likely N-dealkylation sites (tertiary alicyclic amines) is 1. The Kier molecular flexibility index (Phi) is 5.59. The van der Waals surface area contributed by atoms with E-state index in [1.807, 2.05) is 0 Å². The zero-order valence-electron chi connectivity index (χ0n) is 11.1. The van der Waals surface area contributed by atoms with Crippen molar-refractivity contribution >= 4 is 17.9 Å². The second kappa shape index (κ2) is 6.96. The van der Waals surface area contributed by atoms with E-state index in [0.29, 0.717) is 19.0 Å². The molecular formula is C12H21N3O4. The summed E-state index contributed by atoms with van der Waals surface area (Å²) in [5.74, 6) is -1.24. The van der Waals surface area contributed by atoms with Gasteiger partial charge in [0.15, 0.2) is 0 Å². The molecule has 1 fully saturated rings. The summed E-state index contributed by atoms with van der Waals surface area (Å²) in [5.41, 5.74) is 4.98. The molecule has 2 atom stereocenters. The highest BCUT2D eigenvalue weighted by Gasteiger charge is 2.28. The lowest BCUT2D eigenvalue weighted by atomic mass is 10.1. The lowest BCUT2D eigenvalue weighted by Gasteiger charge is -2.20. The standard InChI is InChI=1S/C12H21N3O4/c1-2-8-5-6-15(7-8)12(19)14-9(11(17)18)3-4-10(13)16/h8-9H,2-7H2,1H3,(H2,13,16)(H,14,19)(H,17,18)/t8?,9-/m1/s1. The Bertz CT molecular complexity index is 359. The van der Waals surface area contributed by atoms with Crippen molar-refractivity contribution in [2.24, 2.45) is 11.7 Å². The van der Waals surface area contributed by atoms with Gasteiger partial charge in [0.05, 0.1) is 0 Å². The molecule has 0 aromatic heterocycles. The van der Waals surface area contributed by atoms with Gasteiger partial charge in [-0.2, -0.15) is 0 Å². The van der Waals surface area contributed by atoms with E-state index < -0.39 is 17.9 Å². The van der Waals surface area contributed by atoms with Crippen molar-refractivity contribution < 1.29 is 19.5 Å². The van der Waals surface area contributed by atoms with Crippen LogP contribution in [-0.4, -0.2) is 47.0 Å². The number of aliphatic carboxylic acids is 1. The van der Waals surface area contributed by atoms with Crippen LogP contribution in [0.5, 0.6) is 0 Å². The highest BCUT2D eigenvalue weighted by Crippen LogP contribution is 2.19. The number of hydrogen-bond acceptors (Lipinski definition) is 3.